The smallest absolute Gasteiger partial charge is 0.326 e. The monoisotopic (exact) mass is 208 g/mol. The molecule has 0 radical (unpaired) electrons. The Labute approximate surface area is 87.3 Å². The Morgan fingerprint density at radius 1 is 1.73 bits per heavy atom. The van der Waals surface area contributed by atoms with Crippen LogP contribution >= 0.6 is 0 Å². The molecule has 1 atom stereocenters. The zero-order chi connectivity index (χ0) is 11.0. The van der Waals surface area contributed by atoms with E-state index < -0.39 is 12.0 Å². The number of hydrogen-bond acceptors (Lipinski definition) is 4. The van der Waals surface area contributed by atoms with Gasteiger partial charge in [0.15, 0.2) is 0 Å². The van der Waals surface area contributed by atoms with Crippen molar-refractivity contribution in [3.05, 3.63) is 17.8 Å². The first-order chi connectivity index (χ1) is 7.15. The number of rotatable bonds is 2. The van der Waals surface area contributed by atoms with Gasteiger partial charge in [0, 0.05) is 30.9 Å². The Hall–Kier alpha value is -1.78. The summed E-state index contributed by atoms with van der Waals surface area (Å²) in [5, 5.41) is 9.02. The highest BCUT2D eigenvalue weighted by Gasteiger charge is 2.34. The number of carboxylic acid groups (broad SMARTS) is 1. The number of likely N-dealkylation sites (N-methyl/N-ethyl adjacent to an activating group) is 1. The van der Waals surface area contributed by atoms with E-state index in [2.05, 4.69) is 4.98 Å². The zero-order valence-electron chi connectivity index (χ0n) is 8.60. The summed E-state index contributed by atoms with van der Waals surface area (Å²) in [6, 6.07) is 1.29. The molecule has 15 heavy (non-hydrogen) atoms. The molecule has 1 aliphatic rings. The average Bonchev–Trinajstić information content (AvgIpc) is 2.56. The first-order valence-electron chi connectivity index (χ1n) is 4.62. The van der Waals surface area contributed by atoms with Crippen molar-refractivity contribution in [3.63, 3.8) is 0 Å². The van der Waals surface area contributed by atoms with Crippen LogP contribution in [-0.2, 0) is 11.2 Å². The molecular formula is C10H12N2O3. The molecule has 5 heteroatoms. The highest BCUT2D eigenvalue weighted by Crippen LogP contribution is 2.35. The molecular weight excluding hydrogens is 196 g/mol. The maximum Gasteiger partial charge on any atom is 0.326 e. The molecule has 0 unspecified atom stereocenters. The second-order valence-electron chi connectivity index (χ2n) is 3.49. The molecule has 0 bridgehead atoms. The number of carboxylic acids is 1. The van der Waals surface area contributed by atoms with Gasteiger partial charge < -0.3 is 14.7 Å². The Bertz CT molecular complexity index is 406. The average molecular weight is 208 g/mol. The van der Waals surface area contributed by atoms with Crippen LogP contribution in [0.2, 0.25) is 0 Å². The third kappa shape index (κ3) is 1.40. The summed E-state index contributed by atoms with van der Waals surface area (Å²) in [5.74, 6) is -0.307. The predicted octanol–water partition coefficient (Wildman–Crippen LogP) is 0.536. The fourth-order valence-corrected chi connectivity index (χ4v) is 1.91. The number of aromatic nitrogens is 1. The summed E-state index contributed by atoms with van der Waals surface area (Å²) in [6.45, 7) is 0. The molecule has 0 saturated heterocycles. The third-order valence-electron chi connectivity index (χ3n) is 2.71. The lowest BCUT2D eigenvalue weighted by Gasteiger charge is -2.18. The Morgan fingerprint density at radius 3 is 3.07 bits per heavy atom. The lowest BCUT2D eigenvalue weighted by Crippen LogP contribution is -2.35. The first-order valence-corrected chi connectivity index (χ1v) is 4.62. The molecule has 1 N–H and O–H groups in total. The van der Waals surface area contributed by atoms with Gasteiger partial charge in [-0.25, -0.2) is 9.78 Å². The highest BCUT2D eigenvalue weighted by molar-refractivity contribution is 5.82. The van der Waals surface area contributed by atoms with Gasteiger partial charge >= 0.3 is 5.97 Å². The van der Waals surface area contributed by atoms with Crippen LogP contribution in [0.1, 0.15) is 5.56 Å². The van der Waals surface area contributed by atoms with Crippen LogP contribution in [-0.4, -0.2) is 36.3 Å². The number of aliphatic carboxylic acids is 1. The van der Waals surface area contributed by atoms with Crippen molar-refractivity contribution in [2.75, 3.05) is 19.1 Å². The van der Waals surface area contributed by atoms with Gasteiger partial charge in [0.25, 0.3) is 0 Å². The van der Waals surface area contributed by atoms with Crippen LogP contribution < -0.4 is 9.64 Å². The molecule has 2 rings (SSSR count). The number of ether oxygens (including phenoxy) is 1. The lowest BCUT2D eigenvalue weighted by atomic mass is 10.1. The number of carbonyl (C=O) groups is 1. The van der Waals surface area contributed by atoms with Gasteiger partial charge in [0.05, 0.1) is 7.11 Å². The fourth-order valence-electron chi connectivity index (χ4n) is 1.91. The van der Waals surface area contributed by atoms with Crippen LogP contribution in [0.25, 0.3) is 0 Å². The molecule has 1 aliphatic heterocycles. The van der Waals surface area contributed by atoms with Crippen molar-refractivity contribution in [3.8, 4) is 5.88 Å². The van der Waals surface area contributed by atoms with Gasteiger partial charge in [0.1, 0.15) is 6.04 Å². The second kappa shape index (κ2) is 3.42. The fraction of sp³-hybridized carbons (Fsp3) is 0.400. The SMILES string of the molecule is COc1nccc2c1C[C@H](C(=O)O)N2C. The number of hydrogen-bond donors (Lipinski definition) is 1. The van der Waals surface area contributed by atoms with E-state index in [1.54, 1.807) is 24.2 Å². The molecule has 0 amide bonds. The molecule has 80 valence electrons. The largest absolute Gasteiger partial charge is 0.481 e. The van der Waals surface area contributed by atoms with Crippen molar-refractivity contribution in [1.29, 1.82) is 0 Å². The zero-order valence-corrected chi connectivity index (χ0v) is 8.60. The Balaban J connectivity index is 2.44. The normalized spacial score (nSPS) is 18.8. The highest BCUT2D eigenvalue weighted by atomic mass is 16.5. The Morgan fingerprint density at radius 2 is 2.47 bits per heavy atom. The summed E-state index contributed by atoms with van der Waals surface area (Å²) < 4.78 is 5.10. The third-order valence-corrected chi connectivity index (χ3v) is 2.71. The van der Waals surface area contributed by atoms with E-state index in [0.717, 1.165) is 11.3 Å². The number of pyridine rings is 1. The van der Waals surface area contributed by atoms with E-state index in [9.17, 15) is 4.79 Å². The molecule has 0 aromatic carbocycles. The molecule has 1 aromatic rings. The van der Waals surface area contributed by atoms with E-state index in [1.165, 1.54) is 7.11 Å². The summed E-state index contributed by atoms with van der Waals surface area (Å²) in [7, 11) is 3.31. The predicted molar refractivity (Wildman–Crippen MR) is 54.3 cm³/mol. The van der Waals surface area contributed by atoms with E-state index in [-0.39, 0.29) is 0 Å². The van der Waals surface area contributed by atoms with Crippen molar-refractivity contribution >= 4 is 11.7 Å². The maximum absolute atomic E-state index is 11.0. The van der Waals surface area contributed by atoms with Crippen molar-refractivity contribution in [2.45, 2.75) is 12.5 Å². The first kappa shape index (κ1) is 9.76. The van der Waals surface area contributed by atoms with Crippen molar-refractivity contribution < 1.29 is 14.6 Å². The second-order valence-corrected chi connectivity index (χ2v) is 3.49. The molecule has 0 saturated carbocycles. The van der Waals surface area contributed by atoms with Crippen molar-refractivity contribution in [2.24, 2.45) is 0 Å². The maximum atomic E-state index is 11.0. The van der Waals surface area contributed by atoms with Crippen LogP contribution in [0.3, 0.4) is 0 Å². The van der Waals surface area contributed by atoms with E-state index in [0.29, 0.717) is 12.3 Å². The number of methoxy groups -OCH3 is 1. The van der Waals surface area contributed by atoms with E-state index in [1.807, 2.05) is 0 Å². The molecule has 0 fully saturated rings. The number of nitrogens with zero attached hydrogens (tertiary/aromatic N) is 2. The lowest BCUT2D eigenvalue weighted by molar-refractivity contribution is -0.138. The van der Waals surface area contributed by atoms with Gasteiger partial charge in [-0.15, -0.1) is 0 Å². The number of anilines is 1. The minimum Gasteiger partial charge on any atom is -0.481 e. The summed E-state index contributed by atoms with van der Waals surface area (Å²) in [6.07, 6.45) is 2.07. The topological polar surface area (TPSA) is 62.7 Å². The quantitative estimate of drug-likeness (QED) is 0.768. The molecule has 1 aromatic heterocycles. The standard InChI is InChI=1S/C10H12N2O3/c1-12-7-3-4-11-9(15-2)6(7)5-8(12)10(13)14/h3-4,8H,5H2,1-2H3,(H,13,14)/t8-/m1/s1. The summed E-state index contributed by atoms with van der Waals surface area (Å²) >= 11 is 0. The van der Waals surface area contributed by atoms with Gasteiger partial charge in [-0.1, -0.05) is 0 Å². The van der Waals surface area contributed by atoms with Gasteiger partial charge in [-0.2, -0.15) is 0 Å². The van der Waals surface area contributed by atoms with Crippen LogP contribution in [0, 0.1) is 0 Å². The summed E-state index contributed by atoms with van der Waals surface area (Å²) in [4.78, 5) is 16.8. The van der Waals surface area contributed by atoms with Gasteiger partial charge in [0.2, 0.25) is 5.88 Å². The van der Waals surface area contributed by atoms with Crippen LogP contribution in [0.5, 0.6) is 5.88 Å². The molecule has 5 nitrogen and oxygen atoms in total. The van der Waals surface area contributed by atoms with Crippen molar-refractivity contribution in [1.82, 2.24) is 4.98 Å². The minimum absolute atomic E-state index is 0.443. The summed E-state index contributed by atoms with van der Waals surface area (Å²) in [5.41, 5.74) is 1.75. The molecule has 0 spiro atoms. The van der Waals surface area contributed by atoms with E-state index in [4.69, 9.17) is 9.84 Å². The molecule has 0 aliphatic carbocycles. The molecule has 2 heterocycles. The van der Waals surface area contributed by atoms with E-state index >= 15 is 0 Å². The number of fused-ring (bicyclic) bond motifs is 1. The Kier molecular flexibility index (Phi) is 2.22. The minimum atomic E-state index is -0.823. The van der Waals surface area contributed by atoms with Gasteiger partial charge in [-0.05, 0) is 6.07 Å². The van der Waals surface area contributed by atoms with Crippen LogP contribution in [0.15, 0.2) is 12.3 Å². The van der Waals surface area contributed by atoms with Crippen LogP contribution in [0.4, 0.5) is 5.69 Å². The van der Waals surface area contributed by atoms with Gasteiger partial charge in [-0.3, -0.25) is 0 Å².